The molecule has 1 aromatic heterocycles. The first-order valence-corrected chi connectivity index (χ1v) is 9.39. The fraction of sp³-hybridized carbons (Fsp3) is 0.111. The fourth-order valence-electron chi connectivity index (χ4n) is 2.28. The number of hydrogen-bond acceptors (Lipinski definition) is 6. The third kappa shape index (κ3) is 4.45. The van der Waals surface area contributed by atoms with Crippen molar-refractivity contribution in [2.24, 2.45) is 0 Å². The standard InChI is InChI=1S/C18H17N3O5S/c1-25-14-4-8-17(9-5-14)27(23,24)16-6-2-13(3-7-16)21-18(22)20-11-15-10-19-12-26-15/h2-10,12H,11H2,1H3,(H2,20,21,22). The second kappa shape index (κ2) is 7.92. The Kier molecular flexibility index (Phi) is 5.41. The highest BCUT2D eigenvalue weighted by molar-refractivity contribution is 7.91. The maximum Gasteiger partial charge on any atom is 0.319 e. The molecule has 0 aliphatic heterocycles. The van der Waals surface area contributed by atoms with E-state index in [2.05, 4.69) is 15.6 Å². The van der Waals surface area contributed by atoms with Crippen LogP contribution in [0.25, 0.3) is 0 Å². The molecule has 0 bridgehead atoms. The topological polar surface area (TPSA) is 111 Å². The minimum absolute atomic E-state index is 0.125. The van der Waals surface area contributed by atoms with Crippen LogP contribution < -0.4 is 15.4 Å². The van der Waals surface area contributed by atoms with Gasteiger partial charge in [0, 0.05) is 5.69 Å². The Morgan fingerprint density at radius 3 is 2.26 bits per heavy atom. The number of rotatable bonds is 6. The molecular weight excluding hydrogens is 370 g/mol. The minimum atomic E-state index is -3.65. The van der Waals surface area contributed by atoms with E-state index >= 15 is 0 Å². The van der Waals surface area contributed by atoms with Gasteiger partial charge in [0.2, 0.25) is 9.84 Å². The predicted octanol–water partition coefficient (Wildman–Crippen LogP) is 2.84. The summed E-state index contributed by atoms with van der Waals surface area (Å²) in [6.45, 7) is 0.190. The van der Waals surface area contributed by atoms with Gasteiger partial charge in [-0.2, -0.15) is 0 Å². The lowest BCUT2D eigenvalue weighted by Crippen LogP contribution is -2.27. The molecule has 0 saturated heterocycles. The summed E-state index contributed by atoms with van der Waals surface area (Å²) >= 11 is 0. The second-order valence-electron chi connectivity index (χ2n) is 5.48. The average Bonchev–Trinajstić information content (AvgIpc) is 3.20. The summed E-state index contributed by atoms with van der Waals surface area (Å²) in [4.78, 5) is 15.9. The van der Waals surface area contributed by atoms with E-state index in [4.69, 9.17) is 9.15 Å². The third-order valence-corrected chi connectivity index (χ3v) is 5.48. The van der Waals surface area contributed by atoms with Gasteiger partial charge in [-0.25, -0.2) is 18.2 Å². The van der Waals surface area contributed by atoms with Crippen molar-refractivity contribution in [2.45, 2.75) is 16.3 Å². The van der Waals surface area contributed by atoms with Gasteiger partial charge < -0.3 is 19.8 Å². The number of carbonyl (C=O) groups excluding carboxylic acids is 1. The zero-order valence-corrected chi connectivity index (χ0v) is 15.2. The lowest BCUT2D eigenvalue weighted by molar-refractivity contribution is 0.251. The van der Waals surface area contributed by atoms with Gasteiger partial charge in [0.15, 0.2) is 6.39 Å². The molecule has 27 heavy (non-hydrogen) atoms. The lowest BCUT2D eigenvalue weighted by Gasteiger charge is -2.09. The van der Waals surface area contributed by atoms with E-state index in [1.807, 2.05) is 0 Å². The average molecular weight is 387 g/mol. The Bertz CT molecular complexity index is 998. The molecule has 0 spiro atoms. The maximum atomic E-state index is 12.6. The number of carbonyl (C=O) groups is 1. The van der Waals surface area contributed by atoms with Gasteiger partial charge in [0.25, 0.3) is 0 Å². The number of oxazole rings is 1. The number of hydrogen-bond donors (Lipinski definition) is 2. The van der Waals surface area contributed by atoms with Crippen LogP contribution in [0.1, 0.15) is 5.76 Å². The first-order chi connectivity index (χ1) is 13.0. The van der Waals surface area contributed by atoms with Crippen LogP contribution in [0.4, 0.5) is 10.5 Å². The number of urea groups is 1. The highest BCUT2D eigenvalue weighted by Gasteiger charge is 2.17. The number of nitrogens with one attached hydrogen (secondary N) is 2. The van der Waals surface area contributed by atoms with Gasteiger partial charge >= 0.3 is 6.03 Å². The van der Waals surface area contributed by atoms with E-state index in [0.717, 1.165) is 0 Å². The van der Waals surface area contributed by atoms with E-state index in [1.54, 1.807) is 12.1 Å². The van der Waals surface area contributed by atoms with Crippen molar-refractivity contribution in [3.05, 3.63) is 66.9 Å². The van der Waals surface area contributed by atoms with Crippen LogP contribution >= 0.6 is 0 Å². The highest BCUT2D eigenvalue weighted by Crippen LogP contribution is 2.24. The SMILES string of the molecule is COc1ccc(S(=O)(=O)c2ccc(NC(=O)NCc3cnco3)cc2)cc1. The predicted molar refractivity (Wildman–Crippen MR) is 97.2 cm³/mol. The maximum absolute atomic E-state index is 12.6. The van der Waals surface area contributed by atoms with Crippen molar-refractivity contribution >= 4 is 21.6 Å². The van der Waals surface area contributed by atoms with Crippen LogP contribution in [0, 0.1) is 0 Å². The molecule has 140 valence electrons. The lowest BCUT2D eigenvalue weighted by atomic mass is 10.3. The zero-order valence-electron chi connectivity index (χ0n) is 14.4. The van der Waals surface area contributed by atoms with Gasteiger partial charge in [0.1, 0.15) is 11.5 Å². The first-order valence-electron chi connectivity index (χ1n) is 7.90. The molecule has 2 aromatic carbocycles. The number of aromatic nitrogens is 1. The largest absolute Gasteiger partial charge is 0.497 e. The van der Waals surface area contributed by atoms with Gasteiger partial charge in [-0.15, -0.1) is 0 Å². The molecule has 0 aliphatic rings. The van der Waals surface area contributed by atoms with Crippen molar-refractivity contribution in [2.75, 3.05) is 12.4 Å². The molecule has 9 heteroatoms. The van der Waals surface area contributed by atoms with Gasteiger partial charge in [0.05, 0.1) is 29.6 Å². The van der Waals surface area contributed by atoms with Crippen LogP contribution in [0.3, 0.4) is 0 Å². The molecule has 1 heterocycles. The number of methoxy groups -OCH3 is 1. The van der Waals surface area contributed by atoms with Gasteiger partial charge in [-0.05, 0) is 48.5 Å². The number of nitrogens with zero attached hydrogens (tertiary/aromatic N) is 1. The van der Waals surface area contributed by atoms with Crippen LogP contribution in [0.5, 0.6) is 5.75 Å². The number of ether oxygens (including phenoxy) is 1. The molecular formula is C18H17N3O5S. The number of anilines is 1. The van der Waals surface area contributed by atoms with E-state index in [-0.39, 0.29) is 16.3 Å². The molecule has 0 fully saturated rings. The van der Waals surface area contributed by atoms with Crippen molar-refractivity contribution < 1.29 is 22.4 Å². The van der Waals surface area contributed by atoms with Gasteiger partial charge in [-0.3, -0.25) is 0 Å². The summed E-state index contributed by atoms with van der Waals surface area (Å²) < 4.78 is 35.3. The number of sulfone groups is 1. The molecule has 3 rings (SSSR count). The third-order valence-electron chi connectivity index (χ3n) is 3.70. The van der Waals surface area contributed by atoms with Crippen LogP contribution in [-0.4, -0.2) is 26.5 Å². The second-order valence-corrected chi connectivity index (χ2v) is 7.43. The summed E-state index contributed by atoms with van der Waals surface area (Å²) in [5.41, 5.74) is 0.457. The minimum Gasteiger partial charge on any atom is -0.497 e. The quantitative estimate of drug-likeness (QED) is 0.673. The summed E-state index contributed by atoms with van der Waals surface area (Å²) in [6, 6.07) is 11.6. The van der Waals surface area contributed by atoms with E-state index in [1.165, 1.54) is 56.1 Å². The summed E-state index contributed by atoms with van der Waals surface area (Å²) in [5, 5.41) is 5.22. The molecule has 0 atom stereocenters. The highest BCUT2D eigenvalue weighted by atomic mass is 32.2. The molecule has 0 radical (unpaired) electrons. The molecule has 0 saturated carbocycles. The Labute approximate surface area is 156 Å². The Balaban J connectivity index is 1.65. The van der Waals surface area contributed by atoms with Crippen LogP contribution in [0.2, 0.25) is 0 Å². The van der Waals surface area contributed by atoms with E-state index < -0.39 is 15.9 Å². The Morgan fingerprint density at radius 1 is 1.07 bits per heavy atom. The summed E-state index contributed by atoms with van der Waals surface area (Å²) in [7, 11) is -2.14. The number of amides is 2. The molecule has 8 nitrogen and oxygen atoms in total. The molecule has 0 aliphatic carbocycles. The van der Waals surface area contributed by atoms with Gasteiger partial charge in [-0.1, -0.05) is 0 Å². The Morgan fingerprint density at radius 2 is 1.70 bits per heavy atom. The Hall–Kier alpha value is -3.33. The zero-order chi connectivity index (χ0) is 19.3. The van der Waals surface area contributed by atoms with Crippen molar-refractivity contribution in [1.29, 1.82) is 0 Å². The molecule has 2 N–H and O–H groups in total. The summed E-state index contributed by atoms with van der Waals surface area (Å²) in [5.74, 6) is 1.09. The van der Waals surface area contributed by atoms with Crippen molar-refractivity contribution in [1.82, 2.24) is 10.3 Å². The molecule has 3 aromatic rings. The number of benzene rings is 2. The molecule has 0 unspecified atom stereocenters. The fourth-order valence-corrected chi connectivity index (χ4v) is 3.54. The van der Waals surface area contributed by atoms with Crippen LogP contribution in [0.15, 0.2) is 75.3 Å². The van der Waals surface area contributed by atoms with E-state index in [0.29, 0.717) is 17.2 Å². The smallest absolute Gasteiger partial charge is 0.319 e. The van der Waals surface area contributed by atoms with Crippen LogP contribution in [-0.2, 0) is 16.4 Å². The van der Waals surface area contributed by atoms with E-state index in [9.17, 15) is 13.2 Å². The summed E-state index contributed by atoms with van der Waals surface area (Å²) in [6.07, 6.45) is 2.77. The molecule has 2 amide bonds. The normalized spacial score (nSPS) is 11.0. The first kappa shape index (κ1) is 18.5. The van der Waals surface area contributed by atoms with Crippen molar-refractivity contribution in [3.8, 4) is 5.75 Å². The monoisotopic (exact) mass is 387 g/mol. The van der Waals surface area contributed by atoms with Crippen molar-refractivity contribution in [3.63, 3.8) is 0 Å².